The normalized spacial score (nSPS) is 21.5. The van der Waals surface area contributed by atoms with Crippen LogP contribution in [0.25, 0.3) is 0 Å². The van der Waals surface area contributed by atoms with Crippen LogP contribution in [0, 0.1) is 6.42 Å². The SMILES string of the molecule is Clc1cc(C2[CH]CCO2)cc(Cl)c1Cl. The second kappa shape index (κ2) is 4.28. The third-order valence-corrected chi connectivity index (χ3v) is 3.33. The molecular formula is C10H8Cl3O. The highest BCUT2D eigenvalue weighted by atomic mass is 35.5. The molecule has 75 valence electrons. The predicted octanol–water partition coefficient (Wildman–Crippen LogP) is 4.31. The van der Waals surface area contributed by atoms with Crippen LogP contribution in [0.3, 0.4) is 0 Å². The second-order valence-corrected chi connectivity index (χ2v) is 4.31. The van der Waals surface area contributed by atoms with Crippen molar-refractivity contribution < 1.29 is 4.74 Å². The van der Waals surface area contributed by atoms with Crippen molar-refractivity contribution in [3.8, 4) is 0 Å². The first kappa shape index (κ1) is 10.6. The van der Waals surface area contributed by atoms with Crippen LogP contribution in [0.1, 0.15) is 18.1 Å². The maximum Gasteiger partial charge on any atom is 0.0858 e. The summed E-state index contributed by atoms with van der Waals surface area (Å²) >= 11 is 17.7. The number of hydrogen-bond acceptors (Lipinski definition) is 1. The number of halogens is 3. The first-order valence-electron chi connectivity index (χ1n) is 4.28. The van der Waals surface area contributed by atoms with E-state index in [0.29, 0.717) is 15.1 Å². The van der Waals surface area contributed by atoms with Gasteiger partial charge in [0.25, 0.3) is 0 Å². The minimum absolute atomic E-state index is 0.00210. The van der Waals surface area contributed by atoms with Gasteiger partial charge in [0.2, 0.25) is 0 Å². The molecule has 0 N–H and O–H groups in total. The Hall–Kier alpha value is 0.0500. The monoisotopic (exact) mass is 249 g/mol. The molecule has 1 radical (unpaired) electrons. The lowest BCUT2D eigenvalue weighted by Gasteiger charge is -2.11. The molecule has 1 aliphatic heterocycles. The zero-order valence-electron chi connectivity index (χ0n) is 7.27. The first-order chi connectivity index (χ1) is 6.68. The third-order valence-electron chi connectivity index (χ3n) is 2.13. The van der Waals surface area contributed by atoms with E-state index < -0.39 is 0 Å². The van der Waals surface area contributed by atoms with Gasteiger partial charge in [-0.05, 0) is 30.5 Å². The fourth-order valence-electron chi connectivity index (χ4n) is 1.45. The van der Waals surface area contributed by atoms with Gasteiger partial charge in [0.15, 0.2) is 0 Å². The van der Waals surface area contributed by atoms with Crippen molar-refractivity contribution in [1.29, 1.82) is 0 Å². The highest BCUT2D eigenvalue weighted by Crippen LogP contribution is 2.36. The largest absolute Gasteiger partial charge is 0.373 e. The van der Waals surface area contributed by atoms with E-state index >= 15 is 0 Å². The lowest BCUT2D eigenvalue weighted by atomic mass is 10.1. The number of ether oxygens (including phenoxy) is 1. The molecule has 0 spiro atoms. The standard InChI is InChI=1S/C10H8Cl3O/c11-7-4-6(5-8(12)10(7)13)9-2-1-3-14-9/h2,4-5,9H,1,3H2. The van der Waals surface area contributed by atoms with Crippen molar-refractivity contribution in [3.63, 3.8) is 0 Å². The molecule has 14 heavy (non-hydrogen) atoms. The van der Waals surface area contributed by atoms with Crippen LogP contribution in [0.5, 0.6) is 0 Å². The molecule has 1 unspecified atom stereocenters. The summed E-state index contributed by atoms with van der Waals surface area (Å²) in [5.41, 5.74) is 0.960. The Balaban J connectivity index is 2.34. The van der Waals surface area contributed by atoms with Gasteiger partial charge in [-0.25, -0.2) is 0 Å². The quantitative estimate of drug-likeness (QED) is 0.675. The summed E-state index contributed by atoms with van der Waals surface area (Å²) in [4.78, 5) is 0. The van der Waals surface area contributed by atoms with Crippen molar-refractivity contribution in [2.24, 2.45) is 0 Å². The van der Waals surface area contributed by atoms with E-state index in [4.69, 9.17) is 39.5 Å². The van der Waals surface area contributed by atoms with Gasteiger partial charge in [-0.1, -0.05) is 34.8 Å². The molecule has 1 atom stereocenters. The third kappa shape index (κ3) is 2.01. The van der Waals surface area contributed by atoms with Crippen LogP contribution in [-0.4, -0.2) is 6.61 Å². The van der Waals surface area contributed by atoms with Crippen molar-refractivity contribution >= 4 is 34.8 Å². The highest BCUT2D eigenvalue weighted by Gasteiger charge is 2.19. The zero-order chi connectivity index (χ0) is 10.1. The van der Waals surface area contributed by atoms with E-state index in [0.717, 1.165) is 18.6 Å². The van der Waals surface area contributed by atoms with Crippen LogP contribution in [-0.2, 0) is 4.74 Å². The van der Waals surface area contributed by atoms with Crippen LogP contribution in [0.2, 0.25) is 15.1 Å². The molecule has 0 bridgehead atoms. The van der Waals surface area contributed by atoms with Crippen LogP contribution < -0.4 is 0 Å². The van der Waals surface area contributed by atoms with Crippen LogP contribution >= 0.6 is 34.8 Å². The lowest BCUT2D eigenvalue weighted by molar-refractivity contribution is 0.124. The molecule has 0 amide bonds. The Kier molecular flexibility index (Phi) is 3.23. The molecule has 4 heteroatoms. The smallest absolute Gasteiger partial charge is 0.0858 e. The van der Waals surface area contributed by atoms with Gasteiger partial charge in [0.05, 0.1) is 21.2 Å². The fraction of sp³-hybridized carbons (Fsp3) is 0.300. The van der Waals surface area contributed by atoms with Gasteiger partial charge in [-0.2, -0.15) is 0 Å². The molecular weight excluding hydrogens is 242 g/mol. The predicted molar refractivity (Wildman–Crippen MR) is 59.1 cm³/mol. The highest BCUT2D eigenvalue weighted by molar-refractivity contribution is 6.48. The van der Waals surface area contributed by atoms with E-state index in [2.05, 4.69) is 6.42 Å². The van der Waals surface area contributed by atoms with E-state index in [-0.39, 0.29) is 6.10 Å². The molecule has 1 aromatic rings. The summed E-state index contributed by atoms with van der Waals surface area (Å²) in [5, 5.41) is 1.34. The molecule has 1 heterocycles. The topological polar surface area (TPSA) is 9.23 Å². The average Bonchev–Trinajstić information content (AvgIpc) is 2.66. The van der Waals surface area contributed by atoms with Crippen molar-refractivity contribution in [1.82, 2.24) is 0 Å². The molecule has 1 aromatic carbocycles. The molecule has 1 saturated heterocycles. The van der Waals surface area contributed by atoms with E-state index in [1.54, 1.807) is 12.1 Å². The fourth-order valence-corrected chi connectivity index (χ4v) is 2.07. The van der Waals surface area contributed by atoms with Gasteiger partial charge in [0, 0.05) is 6.61 Å². The molecule has 0 aromatic heterocycles. The first-order valence-corrected chi connectivity index (χ1v) is 5.41. The molecule has 2 rings (SSSR count). The zero-order valence-corrected chi connectivity index (χ0v) is 9.53. The number of hydrogen-bond donors (Lipinski definition) is 0. The summed E-state index contributed by atoms with van der Waals surface area (Å²) in [7, 11) is 0. The maximum absolute atomic E-state index is 5.91. The molecule has 1 fully saturated rings. The second-order valence-electron chi connectivity index (χ2n) is 3.11. The Morgan fingerprint density at radius 2 is 1.79 bits per heavy atom. The summed E-state index contributed by atoms with van der Waals surface area (Å²) in [6.07, 6.45) is 3.06. The van der Waals surface area contributed by atoms with Crippen molar-refractivity contribution in [2.75, 3.05) is 6.61 Å². The summed E-state index contributed by atoms with van der Waals surface area (Å²) in [6, 6.07) is 3.59. The minimum Gasteiger partial charge on any atom is -0.373 e. The van der Waals surface area contributed by atoms with Gasteiger partial charge >= 0.3 is 0 Å². The summed E-state index contributed by atoms with van der Waals surface area (Å²) < 4.78 is 5.47. The van der Waals surface area contributed by atoms with Gasteiger partial charge in [-0.15, -0.1) is 0 Å². The molecule has 1 aliphatic rings. The number of rotatable bonds is 1. The van der Waals surface area contributed by atoms with Gasteiger partial charge in [-0.3, -0.25) is 0 Å². The van der Waals surface area contributed by atoms with Gasteiger partial charge < -0.3 is 4.74 Å². The van der Waals surface area contributed by atoms with Crippen molar-refractivity contribution in [2.45, 2.75) is 12.5 Å². The Bertz CT molecular complexity index is 322. The molecule has 0 aliphatic carbocycles. The van der Waals surface area contributed by atoms with Crippen molar-refractivity contribution in [3.05, 3.63) is 39.2 Å². The van der Waals surface area contributed by atoms with Crippen LogP contribution in [0.4, 0.5) is 0 Å². The van der Waals surface area contributed by atoms with Gasteiger partial charge in [0.1, 0.15) is 0 Å². The Morgan fingerprint density at radius 3 is 2.29 bits per heavy atom. The summed E-state index contributed by atoms with van der Waals surface area (Å²) in [6.45, 7) is 0.753. The molecule has 0 saturated carbocycles. The maximum atomic E-state index is 5.91. The van der Waals surface area contributed by atoms with Crippen LogP contribution in [0.15, 0.2) is 12.1 Å². The Labute approximate surface area is 97.9 Å². The molecule has 1 nitrogen and oxygen atoms in total. The number of benzene rings is 1. The summed E-state index contributed by atoms with van der Waals surface area (Å²) in [5.74, 6) is 0. The Morgan fingerprint density at radius 1 is 1.14 bits per heavy atom. The van der Waals surface area contributed by atoms with E-state index in [1.807, 2.05) is 0 Å². The van der Waals surface area contributed by atoms with E-state index in [1.165, 1.54) is 0 Å². The minimum atomic E-state index is 0.00210. The lowest BCUT2D eigenvalue weighted by Crippen LogP contribution is -1.96. The van der Waals surface area contributed by atoms with E-state index in [9.17, 15) is 0 Å². The average molecular weight is 251 g/mol.